The van der Waals surface area contributed by atoms with E-state index >= 15 is 0 Å². The summed E-state index contributed by atoms with van der Waals surface area (Å²) in [5, 5.41) is 3.39. The smallest absolute Gasteiger partial charge is 0.129 e. The Morgan fingerprint density at radius 2 is 2.00 bits per heavy atom. The van der Waals surface area contributed by atoms with Gasteiger partial charge in [-0.15, -0.1) is 0 Å². The molecule has 1 aromatic rings. The molecule has 4 heteroatoms. The maximum absolute atomic E-state index is 14.0. The predicted octanol–water partition coefficient (Wildman–Crippen LogP) is 3.72. The fraction of sp³-hybridized carbons (Fsp3) is 0.600. The quantitative estimate of drug-likeness (QED) is 0.909. The van der Waals surface area contributed by atoms with Gasteiger partial charge in [0, 0.05) is 34.7 Å². The van der Waals surface area contributed by atoms with Gasteiger partial charge in [0.1, 0.15) is 5.82 Å². The lowest BCUT2D eigenvalue weighted by atomic mass is 9.88. The number of hydrogen-bond acceptors (Lipinski definition) is 2. The normalized spacial score (nSPS) is 21.3. The lowest BCUT2D eigenvalue weighted by molar-refractivity contribution is 0.116. The molecule has 0 spiro atoms. The standard InChI is InChI=1S/C15H22BrFN2/c1-11(13-5-4-12(16)10-14(13)17)19-8-6-15(2,18-3)7-9-19/h4-5,10-11,18H,6-9H2,1-3H3. The van der Waals surface area contributed by atoms with E-state index in [1.807, 2.05) is 19.2 Å². The van der Waals surface area contributed by atoms with Gasteiger partial charge in [0.2, 0.25) is 0 Å². The molecule has 0 saturated carbocycles. The Hall–Kier alpha value is -0.450. The zero-order valence-electron chi connectivity index (χ0n) is 11.8. The van der Waals surface area contributed by atoms with Crippen molar-refractivity contribution < 1.29 is 4.39 Å². The van der Waals surface area contributed by atoms with Gasteiger partial charge in [0.15, 0.2) is 0 Å². The van der Waals surface area contributed by atoms with Crippen LogP contribution in [0.4, 0.5) is 4.39 Å². The maximum Gasteiger partial charge on any atom is 0.129 e. The van der Waals surface area contributed by atoms with E-state index in [0.717, 1.165) is 36.0 Å². The van der Waals surface area contributed by atoms with Crippen molar-refractivity contribution in [2.75, 3.05) is 20.1 Å². The molecule has 0 bridgehead atoms. The summed E-state index contributed by atoms with van der Waals surface area (Å²) in [7, 11) is 2.02. The fourth-order valence-corrected chi connectivity index (χ4v) is 3.03. The molecule has 1 aliphatic rings. The van der Waals surface area contributed by atoms with Gasteiger partial charge in [-0.25, -0.2) is 4.39 Å². The number of benzene rings is 1. The molecule has 19 heavy (non-hydrogen) atoms. The molecule has 1 unspecified atom stereocenters. The van der Waals surface area contributed by atoms with Crippen molar-refractivity contribution in [3.63, 3.8) is 0 Å². The van der Waals surface area contributed by atoms with Crippen LogP contribution in [0.1, 0.15) is 38.3 Å². The molecule has 0 amide bonds. The van der Waals surface area contributed by atoms with Gasteiger partial charge >= 0.3 is 0 Å². The van der Waals surface area contributed by atoms with Crippen molar-refractivity contribution in [3.8, 4) is 0 Å². The van der Waals surface area contributed by atoms with Crippen LogP contribution in [0.3, 0.4) is 0 Å². The first kappa shape index (κ1) is 14.9. The minimum absolute atomic E-state index is 0.121. The number of halogens is 2. The highest BCUT2D eigenvalue weighted by atomic mass is 79.9. The van der Waals surface area contributed by atoms with Gasteiger partial charge in [-0.05, 0) is 45.9 Å². The molecule has 0 aliphatic carbocycles. The van der Waals surface area contributed by atoms with E-state index in [-0.39, 0.29) is 17.4 Å². The Kier molecular flexibility index (Phi) is 4.64. The molecule has 106 valence electrons. The molecule has 1 aliphatic heterocycles. The van der Waals surface area contributed by atoms with Gasteiger partial charge in [0.25, 0.3) is 0 Å². The van der Waals surface area contributed by atoms with Crippen LogP contribution >= 0.6 is 15.9 Å². The lowest BCUT2D eigenvalue weighted by Gasteiger charge is -2.42. The first-order valence-corrected chi connectivity index (χ1v) is 7.62. The molecule has 1 aromatic carbocycles. The minimum Gasteiger partial charge on any atom is -0.314 e. The van der Waals surface area contributed by atoms with Crippen LogP contribution in [-0.4, -0.2) is 30.6 Å². The van der Waals surface area contributed by atoms with Crippen LogP contribution in [-0.2, 0) is 0 Å². The number of nitrogens with zero attached hydrogens (tertiary/aromatic N) is 1. The Labute approximate surface area is 123 Å². The second-order valence-electron chi connectivity index (χ2n) is 5.69. The lowest BCUT2D eigenvalue weighted by Crippen LogP contribution is -2.50. The molecule has 1 N–H and O–H groups in total. The molecule has 0 aromatic heterocycles. The van der Waals surface area contributed by atoms with Crippen molar-refractivity contribution in [1.82, 2.24) is 10.2 Å². The Bertz CT molecular complexity index is 442. The highest BCUT2D eigenvalue weighted by molar-refractivity contribution is 9.10. The first-order valence-electron chi connectivity index (χ1n) is 6.83. The molecule has 2 rings (SSSR count). The van der Waals surface area contributed by atoms with Crippen LogP contribution in [0.25, 0.3) is 0 Å². The van der Waals surface area contributed by atoms with E-state index in [1.165, 1.54) is 0 Å². The number of rotatable bonds is 3. The largest absolute Gasteiger partial charge is 0.314 e. The number of likely N-dealkylation sites (tertiary alicyclic amines) is 1. The van der Waals surface area contributed by atoms with E-state index in [0.29, 0.717) is 0 Å². The summed E-state index contributed by atoms with van der Waals surface area (Å²) < 4.78 is 14.8. The minimum atomic E-state index is -0.121. The molecule has 1 fully saturated rings. The Morgan fingerprint density at radius 3 is 2.53 bits per heavy atom. The van der Waals surface area contributed by atoms with Gasteiger partial charge in [0.05, 0.1) is 0 Å². The van der Waals surface area contributed by atoms with Crippen molar-refractivity contribution >= 4 is 15.9 Å². The average molecular weight is 329 g/mol. The van der Waals surface area contributed by atoms with Crippen molar-refractivity contribution in [1.29, 1.82) is 0 Å². The molecular formula is C15H22BrFN2. The van der Waals surface area contributed by atoms with Gasteiger partial charge < -0.3 is 5.32 Å². The van der Waals surface area contributed by atoms with E-state index in [1.54, 1.807) is 6.07 Å². The number of piperidine rings is 1. The van der Waals surface area contributed by atoms with Crippen LogP contribution in [0.5, 0.6) is 0 Å². The van der Waals surface area contributed by atoms with E-state index in [9.17, 15) is 4.39 Å². The summed E-state index contributed by atoms with van der Waals surface area (Å²) in [4.78, 5) is 2.37. The zero-order chi connectivity index (χ0) is 14.0. The third-order valence-electron chi connectivity index (χ3n) is 4.47. The average Bonchev–Trinajstić information content (AvgIpc) is 2.39. The molecule has 1 heterocycles. The van der Waals surface area contributed by atoms with Crippen LogP contribution in [0.2, 0.25) is 0 Å². The monoisotopic (exact) mass is 328 g/mol. The molecule has 1 atom stereocenters. The van der Waals surface area contributed by atoms with Crippen molar-refractivity contribution in [2.24, 2.45) is 0 Å². The third kappa shape index (κ3) is 3.36. The van der Waals surface area contributed by atoms with E-state index < -0.39 is 0 Å². The number of hydrogen-bond donors (Lipinski definition) is 1. The predicted molar refractivity (Wildman–Crippen MR) is 80.8 cm³/mol. The van der Waals surface area contributed by atoms with E-state index in [4.69, 9.17) is 0 Å². The maximum atomic E-state index is 14.0. The van der Waals surface area contributed by atoms with Crippen molar-refractivity contribution in [2.45, 2.75) is 38.3 Å². The second-order valence-corrected chi connectivity index (χ2v) is 6.60. The topological polar surface area (TPSA) is 15.3 Å². The molecular weight excluding hydrogens is 307 g/mol. The fourth-order valence-electron chi connectivity index (χ4n) is 2.69. The Morgan fingerprint density at radius 1 is 1.37 bits per heavy atom. The highest BCUT2D eigenvalue weighted by Crippen LogP contribution is 2.30. The van der Waals surface area contributed by atoms with Gasteiger partial charge in [-0.1, -0.05) is 22.0 Å². The van der Waals surface area contributed by atoms with Gasteiger partial charge in [-0.3, -0.25) is 4.90 Å². The second kappa shape index (κ2) is 5.90. The summed E-state index contributed by atoms with van der Waals surface area (Å²) in [6.07, 6.45) is 2.21. The molecule has 1 saturated heterocycles. The molecule has 2 nitrogen and oxygen atoms in total. The van der Waals surface area contributed by atoms with Gasteiger partial charge in [-0.2, -0.15) is 0 Å². The summed E-state index contributed by atoms with van der Waals surface area (Å²) >= 11 is 3.30. The highest BCUT2D eigenvalue weighted by Gasteiger charge is 2.31. The summed E-state index contributed by atoms with van der Waals surface area (Å²) in [6.45, 7) is 6.37. The molecule has 0 radical (unpaired) electrons. The SMILES string of the molecule is CNC1(C)CCN(C(C)c2ccc(Br)cc2F)CC1. The van der Waals surface area contributed by atoms with Crippen LogP contribution in [0, 0.1) is 5.82 Å². The zero-order valence-corrected chi connectivity index (χ0v) is 13.4. The van der Waals surface area contributed by atoms with Crippen molar-refractivity contribution in [3.05, 3.63) is 34.1 Å². The first-order chi connectivity index (χ1) is 8.95. The van der Waals surface area contributed by atoms with E-state index in [2.05, 4.69) is 40.0 Å². The summed E-state index contributed by atoms with van der Waals surface area (Å²) in [5.74, 6) is -0.121. The summed E-state index contributed by atoms with van der Waals surface area (Å²) in [6, 6.07) is 5.48. The Balaban J connectivity index is 2.07. The van der Waals surface area contributed by atoms with Crippen LogP contribution < -0.4 is 5.32 Å². The van der Waals surface area contributed by atoms with Crippen LogP contribution in [0.15, 0.2) is 22.7 Å². The number of nitrogens with one attached hydrogen (secondary N) is 1. The summed E-state index contributed by atoms with van der Waals surface area (Å²) in [5.41, 5.74) is 1.02. The third-order valence-corrected chi connectivity index (χ3v) is 4.96.